The minimum atomic E-state index is -0.892. The quantitative estimate of drug-likeness (QED) is 0.287. The lowest BCUT2D eigenvalue weighted by molar-refractivity contribution is -0.139. The molecule has 0 aromatic heterocycles. The molecule has 2 N–H and O–H groups in total. The maximum absolute atomic E-state index is 13.8. The smallest absolute Gasteiger partial charge is 0.295 e. The van der Waals surface area contributed by atoms with Crippen LogP contribution in [0.4, 0.5) is 4.39 Å². The number of hydrogen-bond acceptors (Lipinski definition) is 6. The summed E-state index contributed by atoms with van der Waals surface area (Å²) in [6.07, 6.45) is 0.400. The number of aromatic hydroxyl groups is 1. The first-order valence-electron chi connectivity index (χ1n) is 11.3. The number of methoxy groups -OCH3 is 2. The number of halogens is 1. The van der Waals surface area contributed by atoms with Crippen LogP contribution in [0.3, 0.4) is 0 Å². The molecule has 8 heteroatoms. The summed E-state index contributed by atoms with van der Waals surface area (Å²) in [5.74, 6) is -1.29. The summed E-state index contributed by atoms with van der Waals surface area (Å²) < 4.78 is 24.4. The second-order valence-electron chi connectivity index (χ2n) is 8.49. The number of phenolic OH excluding ortho intramolecular Hbond substituents is 1. The number of benzene rings is 3. The SMILES string of the molecule is COc1ccc(CCN2C(=O)C(=O)/C(=C(\O)c3ccc(F)c(C)c3)C2c2ccc(O)cc2)cc1OC. The molecule has 0 saturated carbocycles. The molecule has 0 spiro atoms. The zero-order valence-corrected chi connectivity index (χ0v) is 20.1. The molecule has 1 saturated heterocycles. The fourth-order valence-electron chi connectivity index (χ4n) is 4.35. The molecule has 7 nitrogen and oxygen atoms in total. The normalized spacial score (nSPS) is 16.9. The van der Waals surface area contributed by atoms with Crippen molar-refractivity contribution in [3.63, 3.8) is 0 Å². The molecular formula is C28H26FNO6. The summed E-state index contributed by atoms with van der Waals surface area (Å²) in [7, 11) is 3.07. The monoisotopic (exact) mass is 491 g/mol. The van der Waals surface area contributed by atoms with Crippen molar-refractivity contribution in [3.8, 4) is 17.2 Å². The van der Waals surface area contributed by atoms with Gasteiger partial charge in [0, 0.05) is 12.1 Å². The Morgan fingerprint density at radius 3 is 2.31 bits per heavy atom. The number of nitrogens with zero attached hydrogens (tertiary/aromatic N) is 1. The van der Waals surface area contributed by atoms with Gasteiger partial charge in [-0.2, -0.15) is 0 Å². The fourth-order valence-corrected chi connectivity index (χ4v) is 4.35. The van der Waals surface area contributed by atoms with E-state index >= 15 is 0 Å². The number of carbonyl (C=O) groups is 2. The number of phenols is 1. The van der Waals surface area contributed by atoms with Crippen molar-refractivity contribution in [2.45, 2.75) is 19.4 Å². The van der Waals surface area contributed by atoms with Crippen molar-refractivity contribution in [1.29, 1.82) is 0 Å². The predicted octanol–water partition coefficient (Wildman–Crippen LogP) is 4.52. The van der Waals surface area contributed by atoms with Gasteiger partial charge in [-0.3, -0.25) is 9.59 Å². The Morgan fingerprint density at radius 2 is 1.67 bits per heavy atom. The summed E-state index contributed by atoms with van der Waals surface area (Å²) in [6.45, 7) is 1.72. The molecule has 4 rings (SSSR count). The van der Waals surface area contributed by atoms with E-state index in [0.717, 1.165) is 5.56 Å². The molecule has 1 aliphatic rings. The van der Waals surface area contributed by atoms with Crippen LogP contribution in [-0.2, 0) is 16.0 Å². The van der Waals surface area contributed by atoms with Crippen molar-refractivity contribution in [1.82, 2.24) is 4.90 Å². The zero-order valence-electron chi connectivity index (χ0n) is 20.1. The maximum Gasteiger partial charge on any atom is 0.295 e. The first-order chi connectivity index (χ1) is 17.2. The molecule has 1 fully saturated rings. The number of Topliss-reactive ketones (excluding diaryl/α,β-unsaturated/α-hetero) is 1. The number of hydrogen-bond donors (Lipinski definition) is 2. The van der Waals surface area contributed by atoms with E-state index in [1.807, 2.05) is 6.07 Å². The van der Waals surface area contributed by atoms with Crippen molar-refractivity contribution in [3.05, 3.63) is 94.3 Å². The highest BCUT2D eigenvalue weighted by molar-refractivity contribution is 6.46. The van der Waals surface area contributed by atoms with Crippen LogP contribution in [0.1, 0.15) is 28.3 Å². The molecule has 1 aliphatic heterocycles. The third kappa shape index (κ3) is 4.62. The number of aryl methyl sites for hydroxylation is 1. The van der Waals surface area contributed by atoms with E-state index in [4.69, 9.17) is 9.47 Å². The highest BCUT2D eigenvalue weighted by Gasteiger charge is 2.45. The highest BCUT2D eigenvalue weighted by atomic mass is 19.1. The van der Waals surface area contributed by atoms with Gasteiger partial charge in [-0.15, -0.1) is 0 Å². The van der Waals surface area contributed by atoms with Gasteiger partial charge in [0.05, 0.1) is 25.8 Å². The average Bonchev–Trinajstić information content (AvgIpc) is 3.13. The van der Waals surface area contributed by atoms with Crippen LogP contribution in [0.25, 0.3) is 5.76 Å². The molecule has 1 unspecified atom stereocenters. The number of carbonyl (C=O) groups excluding carboxylic acids is 2. The number of aliphatic hydroxyl groups excluding tert-OH is 1. The van der Waals surface area contributed by atoms with E-state index in [1.165, 1.54) is 49.5 Å². The lowest BCUT2D eigenvalue weighted by atomic mass is 9.94. The maximum atomic E-state index is 13.8. The van der Waals surface area contributed by atoms with Gasteiger partial charge in [-0.1, -0.05) is 18.2 Å². The van der Waals surface area contributed by atoms with E-state index in [0.29, 0.717) is 29.0 Å². The molecule has 0 bridgehead atoms. The van der Waals surface area contributed by atoms with Crippen molar-refractivity contribution in [2.75, 3.05) is 20.8 Å². The fraction of sp³-hybridized carbons (Fsp3) is 0.214. The Bertz CT molecular complexity index is 1350. The molecule has 3 aromatic rings. The summed E-state index contributed by atoms with van der Waals surface area (Å²) in [5, 5.41) is 20.9. The number of ketones is 1. The van der Waals surface area contributed by atoms with Crippen LogP contribution >= 0.6 is 0 Å². The summed E-state index contributed by atoms with van der Waals surface area (Å²) in [5.41, 5.74) is 1.83. The van der Waals surface area contributed by atoms with Crippen LogP contribution in [0, 0.1) is 12.7 Å². The van der Waals surface area contributed by atoms with Crippen molar-refractivity contribution < 1.29 is 33.7 Å². The van der Waals surface area contributed by atoms with Crippen molar-refractivity contribution >= 4 is 17.4 Å². The van der Waals surface area contributed by atoms with E-state index in [1.54, 1.807) is 31.2 Å². The van der Waals surface area contributed by atoms with Gasteiger partial charge in [-0.05, 0) is 72.5 Å². The third-order valence-electron chi connectivity index (χ3n) is 6.27. The molecule has 0 radical (unpaired) electrons. The molecule has 186 valence electrons. The Balaban J connectivity index is 1.75. The molecule has 1 atom stereocenters. The van der Waals surface area contributed by atoms with Gasteiger partial charge in [0.2, 0.25) is 0 Å². The number of likely N-dealkylation sites (tertiary alicyclic amines) is 1. The Kier molecular flexibility index (Phi) is 6.96. The minimum absolute atomic E-state index is 0.0233. The topological polar surface area (TPSA) is 96.3 Å². The van der Waals surface area contributed by atoms with Crippen LogP contribution in [0.15, 0.2) is 66.2 Å². The Morgan fingerprint density at radius 1 is 0.972 bits per heavy atom. The minimum Gasteiger partial charge on any atom is -0.508 e. The lowest BCUT2D eigenvalue weighted by Gasteiger charge is -2.25. The summed E-state index contributed by atoms with van der Waals surface area (Å²) >= 11 is 0. The molecule has 1 amide bonds. The van der Waals surface area contributed by atoms with Crippen LogP contribution in [0.5, 0.6) is 17.2 Å². The first-order valence-corrected chi connectivity index (χ1v) is 11.3. The highest BCUT2D eigenvalue weighted by Crippen LogP contribution is 2.40. The number of amides is 1. The average molecular weight is 492 g/mol. The van der Waals surface area contributed by atoms with Gasteiger partial charge < -0.3 is 24.6 Å². The lowest BCUT2D eigenvalue weighted by Crippen LogP contribution is -2.31. The summed E-state index contributed by atoms with van der Waals surface area (Å²) in [6, 6.07) is 14.6. The molecule has 36 heavy (non-hydrogen) atoms. The predicted molar refractivity (Wildman–Crippen MR) is 132 cm³/mol. The second-order valence-corrected chi connectivity index (χ2v) is 8.49. The largest absolute Gasteiger partial charge is 0.508 e. The van der Waals surface area contributed by atoms with Crippen LogP contribution in [-0.4, -0.2) is 47.6 Å². The van der Waals surface area contributed by atoms with E-state index < -0.39 is 23.5 Å². The van der Waals surface area contributed by atoms with E-state index in [2.05, 4.69) is 0 Å². The Labute approximate surface area is 208 Å². The molecule has 3 aromatic carbocycles. The van der Waals surface area contributed by atoms with Crippen molar-refractivity contribution in [2.24, 2.45) is 0 Å². The molecule has 0 aliphatic carbocycles. The Hall–Kier alpha value is -4.33. The molecular weight excluding hydrogens is 465 g/mol. The van der Waals surface area contributed by atoms with E-state index in [9.17, 15) is 24.2 Å². The van der Waals surface area contributed by atoms with Gasteiger partial charge in [-0.25, -0.2) is 4.39 Å². The van der Waals surface area contributed by atoms with Gasteiger partial charge >= 0.3 is 0 Å². The van der Waals surface area contributed by atoms with Gasteiger partial charge in [0.25, 0.3) is 11.7 Å². The van der Waals surface area contributed by atoms with Gasteiger partial charge in [0.15, 0.2) is 11.5 Å². The van der Waals surface area contributed by atoms with Crippen LogP contribution < -0.4 is 9.47 Å². The van der Waals surface area contributed by atoms with E-state index in [-0.39, 0.29) is 29.2 Å². The molecule has 1 heterocycles. The number of aliphatic hydroxyl groups is 1. The number of rotatable bonds is 7. The standard InChI is InChI=1S/C28H26FNO6/c1-16-14-19(7-10-21(16)29)26(32)24-25(18-5-8-20(31)9-6-18)30(28(34)27(24)33)13-12-17-4-11-22(35-2)23(15-17)36-3/h4-11,14-15,25,31-32H,12-13H2,1-3H3/b26-24-. The summed E-state index contributed by atoms with van der Waals surface area (Å²) in [4.78, 5) is 27.7. The third-order valence-corrected chi connectivity index (χ3v) is 6.27. The number of ether oxygens (including phenoxy) is 2. The van der Waals surface area contributed by atoms with Crippen LogP contribution in [0.2, 0.25) is 0 Å². The zero-order chi connectivity index (χ0) is 26.0. The second kappa shape index (κ2) is 10.1. The van der Waals surface area contributed by atoms with Gasteiger partial charge in [0.1, 0.15) is 17.3 Å². The first kappa shape index (κ1) is 24.8.